The van der Waals surface area contributed by atoms with Gasteiger partial charge >= 0.3 is 5.69 Å². The van der Waals surface area contributed by atoms with E-state index in [9.17, 15) is 4.79 Å². The molecular weight excluding hydrogens is 334 g/mol. The number of aromatic nitrogens is 4. The summed E-state index contributed by atoms with van der Waals surface area (Å²) < 4.78 is 3.30. The fourth-order valence-electron chi connectivity index (χ4n) is 3.44. The lowest BCUT2D eigenvalue weighted by Crippen LogP contribution is -2.34. The van der Waals surface area contributed by atoms with Gasteiger partial charge in [-0.05, 0) is 18.4 Å². The van der Waals surface area contributed by atoms with Crippen molar-refractivity contribution in [3.05, 3.63) is 63.8 Å². The Balaban J connectivity index is 1.55. The highest BCUT2D eigenvalue weighted by Gasteiger charge is 2.27. The van der Waals surface area contributed by atoms with Crippen LogP contribution in [0.15, 0.2) is 46.7 Å². The summed E-state index contributed by atoms with van der Waals surface area (Å²) >= 11 is 1.68. The van der Waals surface area contributed by atoms with E-state index in [4.69, 9.17) is 0 Å². The van der Waals surface area contributed by atoms with Gasteiger partial charge in [-0.1, -0.05) is 30.3 Å². The summed E-state index contributed by atoms with van der Waals surface area (Å²) in [4.78, 5) is 19.3. The van der Waals surface area contributed by atoms with E-state index in [0.29, 0.717) is 12.5 Å². The lowest BCUT2D eigenvalue weighted by Gasteiger charge is -2.31. The Morgan fingerprint density at radius 1 is 1.20 bits per heavy atom. The number of hydrogen-bond acceptors (Lipinski definition) is 5. The Bertz CT molecular complexity index is 876. The smallest absolute Gasteiger partial charge is 0.345 e. The van der Waals surface area contributed by atoms with E-state index in [0.717, 1.165) is 42.5 Å². The molecule has 130 valence electrons. The van der Waals surface area contributed by atoms with Gasteiger partial charge in [0.05, 0.1) is 6.54 Å². The van der Waals surface area contributed by atoms with Crippen LogP contribution in [0.5, 0.6) is 0 Å². The maximum Gasteiger partial charge on any atom is 0.345 e. The van der Waals surface area contributed by atoms with E-state index in [2.05, 4.69) is 15.0 Å². The molecule has 3 aromatic rings. The maximum absolute atomic E-state index is 12.5. The van der Waals surface area contributed by atoms with E-state index < -0.39 is 0 Å². The van der Waals surface area contributed by atoms with E-state index in [-0.39, 0.29) is 5.69 Å². The van der Waals surface area contributed by atoms with Gasteiger partial charge in [0.2, 0.25) is 0 Å². The van der Waals surface area contributed by atoms with E-state index >= 15 is 0 Å². The molecule has 0 N–H and O–H groups in total. The summed E-state index contributed by atoms with van der Waals surface area (Å²) in [6, 6.07) is 10.1. The molecule has 6 nitrogen and oxygen atoms in total. The van der Waals surface area contributed by atoms with Crippen LogP contribution in [0.25, 0.3) is 0 Å². The predicted molar refractivity (Wildman–Crippen MR) is 99.3 cm³/mol. The minimum Gasteiger partial charge on any atom is -0.348 e. The first-order valence-electron chi connectivity index (χ1n) is 8.54. The SMILES string of the molecule is Cn1nc(C2CCN(c3nccs3)CC2)n(Cc2ccccc2)c1=O. The lowest BCUT2D eigenvalue weighted by atomic mass is 9.96. The Morgan fingerprint density at radius 3 is 2.64 bits per heavy atom. The van der Waals surface area contributed by atoms with Crippen LogP contribution in [-0.2, 0) is 13.6 Å². The van der Waals surface area contributed by atoms with Crippen LogP contribution in [0.3, 0.4) is 0 Å². The number of nitrogens with zero attached hydrogens (tertiary/aromatic N) is 5. The highest BCUT2D eigenvalue weighted by atomic mass is 32.1. The van der Waals surface area contributed by atoms with E-state index in [1.807, 2.05) is 46.5 Å². The van der Waals surface area contributed by atoms with Gasteiger partial charge < -0.3 is 4.90 Å². The van der Waals surface area contributed by atoms with Crippen molar-refractivity contribution in [2.75, 3.05) is 18.0 Å². The molecule has 0 saturated carbocycles. The molecule has 0 amide bonds. The second kappa shape index (κ2) is 6.84. The van der Waals surface area contributed by atoms with E-state index in [1.165, 1.54) is 4.68 Å². The average molecular weight is 355 g/mol. The fourth-order valence-corrected chi connectivity index (χ4v) is 4.14. The topological polar surface area (TPSA) is 56.0 Å². The number of thiazole rings is 1. The third kappa shape index (κ3) is 3.24. The van der Waals surface area contributed by atoms with Crippen LogP contribution in [0.2, 0.25) is 0 Å². The summed E-state index contributed by atoms with van der Waals surface area (Å²) in [6.45, 7) is 2.48. The van der Waals surface area contributed by atoms with Crippen LogP contribution >= 0.6 is 11.3 Å². The van der Waals surface area contributed by atoms with Crippen LogP contribution < -0.4 is 10.6 Å². The van der Waals surface area contributed by atoms with Crippen molar-refractivity contribution in [3.63, 3.8) is 0 Å². The molecular formula is C18H21N5OS. The van der Waals surface area contributed by atoms with Crippen molar-refractivity contribution in [1.29, 1.82) is 0 Å². The van der Waals surface area contributed by atoms with Gasteiger partial charge in [0.25, 0.3) is 0 Å². The molecule has 1 aliphatic heterocycles. The van der Waals surface area contributed by atoms with Crippen LogP contribution in [0.1, 0.15) is 30.1 Å². The highest BCUT2D eigenvalue weighted by Crippen LogP contribution is 2.30. The number of benzene rings is 1. The summed E-state index contributed by atoms with van der Waals surface area (Å²) in [6.07, 6.45) is 3.83. The molecule has 2 aromatic heterocycles. The number of hydrogen-bond donors (Lipinski definition) is 0. The minimum absolute atomic E-state index is 0.0405. The summed E-state index contributed by atoms with van der Waals surface area (Å²) in [5.41, 5.74) is 1.08. The van der Waals surface area contributed by atoms with Gasteiger partial charge in [-0.3, -0.25) is 4.57 Å². The standard InChI is InChI=1S/C18H21N5OS/c1-21-18(24)23(13-14-5-3-2-4-6-14)16(20-21)15-7-10-22(11-8-15)17-19-9-12-25-17/h2-6,9,12,15H,7-8,10-11,13H2,1H3. The van der Waals surface area contributed by atoms with Crippen LogP contribution in [-0.4, -0.2) is 32.4 Å². The summed E-state index contributed by atoms with van der Waals surface area (Å²) in [5.74, 6) is 1.23. The molecule has 0 bridgehead atoms. The van der Waals surface area contributed by atoms with Gasteiger partial charge in [0.15, 0.2) is 5.13 Å². The van der Waals surface area contributed by atoms with Gasteiger partial charge in [0.1, 0.15) is 5.82 Å². The van der Waals surface area contributed by atoms with Crippen molar-refractivity contribution in [1.82, 2.24) is 19.3 Å². The second-order valence-electron chi connectivity index (χ2n) is 6.41. The molecule has 1 aromatic carbocycles. The Labute approximate surface area is 150 Å². The first-order chi connectivity index (χ1) is 12.2. The molecule has 3 heterocycles. The Hall–Kier alpha value is -2.41. The molecule has 1 fully saturated rings. The number of piperidine rings is 1. The highest BCUT2D eigenvalue weighted by molar-refractivity contribution is 7.13. The molecule has 0 spiro atoms. The van der Waals surface area contributed by atoms with Crippen LogP contribution in [0.4, 0.5) is 5.13 Å². The number of aryl methyl sites for hydroxylation is 1. The van der Waals surface area contributed by atoms with Gasteiger partial charge in [-0.15, -0.1) is 11.3 Å². The zero-order valence-electron chi connectivity index (χ0n) is 14.2. The quantitative estimate of drug-likeness (QED) is 0.721. The molecule has 0 unspecified atom stereocenters. The number of rotatable bonds is 4. The van der Waals surface area contributed by atoms with Crippen molar-refractivity contribution >= 4 is 16.5 Å². The van der Waals surface area contributed by atoms with Crippen LogP contribution in [0, 0.1) is 0 Å². The van der Waals surface area contributed by atoms with Gasteiger partial charge in [0, 0.05) is 37.6 Å². The van der Waals surface area contributed by atoms with Crippen molar-refractivity contribution in [2.45, 2.75) is 25.3 Å². The van der Waals surface area contributed by atoms with E-state index in [1.54, 1.807) is 18.4 Å². The molecule has 1 saturated heterocycles. The monoisotopic (exact) mass is 355 g/mol. The molecule has 0 radical (unpaired) electrons. The largest absolute Gasteiger partial charge is 0.348 e. The maximum atomic E-state index is 12.5. The Kier molecular flexibility index (Phi) is 4.40. The second-order valence-corrected chi connectivity index (χ2v) is 7.29. The molecule has 0 aliphatic carbocycles. The number of anilines is 1. The molecule has 4 rings (SSSR count). The van der Waals surface area contributed by atoms with Crippen molar-refractivity contribution < 1.29 is 0 Å². The van der Waals surface area contributed by atoms with Gasteiger partial charge in [-0.25, -0.2) is 14.5 Å². The minimum atomic E-state index is -0.0405. The first-order valence-corrected chi connectivity index (χ1v) is 9.42. The summed E-state index contributed by atoms with van der Waals surface area (Å²) in [5, 5.41) is 7.65. The summed E-state index contributed by atoms with van der Waals surface area (Å²) in [7, 11) is 1.73. The fraction of sp³-hybridized carbons (Fsp3) is 0.389. The van der Waals surface area contributed by atoms with Crippen molar-refractivity contribution in [2.24, 2.45) is 7.05 Å². The average Bonchev–Trinajstić information content (AvgIpc) is 3.27. The zero-order chi connectivity index (χ0) is 17.2. The molecule has 7 heteroatoms. The van der Waals surface area contributed by atoms with Gasteiger partial charge in [-0.2, -0.15) is 5.10 Å². The van der Waals surface area contributed by atoms with Crippen molar-refractivity contribution in [3.8, 4) is 0 Å². The first kappa shape index (κ1) is 16.1. The lowest BCUT2D eigenvalue weighted by molar-refractivity contribution is 0.466. The normalized spacial score (nSPS) is 15.6. The molecule has 1 aliphatic rings. The predicted octanol–water partition coefficient (Wildman–Crippen LogP) is 2.47. The third-order valence-electron chi connectivity index (χ3n) is 4.77. The Morgan fingerprint density at radius 2 is 1.96 bits per heavy atom. The third-order valence-corrected chi connectivity index (χ3v) is 5.60. The molecule has 0 atom stereocenters. The molecule has 25 heavy (non-hydrogen) atoms. The zero-order valence-corrected chi connectivity index (χ0v) is 15.0.